The first kappa shape index (κ1) is 36.2. The second kappa shape index (κ2) is 20.5. The fraction of sp³-hybridized carbons (Fsp3) is 0.595. The van der Waals surface area contributed by atoms with Crippen molar-refractivity contribution in [2.24, 2.45) is 0 Å². The maximum absolute atomic E-state index is 3.44. The van der Waals surface area contributed by atoms with Gasteiger partial charge in [-0.1, -0.05) is 126 Å². The molecular weight excluding hydrogens is 864 g/mol. The summed E-state index contributed by atoms with van der Waals surface area (Å²) in [6, 6.07) is 21.6. The molecule has 0 amide bonds. The molecule has 6 rings (SSSR count). The third-order valence-corrected chi connectivity index (χ3v) is 14.1. The van der Waals surface area contributed by atoms with E-state index in [0.29, 0.717) is 7.92 Å². The molecule has 1 aliphatic heterocycles. The van der Waals surface area contributed by atoms with Crippen LogP contribution in [-0.2, 0) is 10.8 Å². The van der Waals surface area contributed by atoms with Crippen LogP contribution in [0.3, 0.4) is 0 Å². The zero-order valence-electron chi connectivity index (χ0n) is 26.3. The van der Waals surface area contributed by atoms with Crippen LogP contribution in [0.5, 0.6) is 0 Å². The van der Waals surface area contributed by atoms with E-state index in [4.69, 9.17) is 0 Å². The summed E-state index contributed by atoms with van der Waals surface area (Å²) >= 11 is 4.65. The van der Waals surface area contributed by atoms with Crippen LogP contribution in [0.15, 0.2) is 73.1 Å². The van der Waals surface area contributed by atoms with Gasteiger partial charge in [0.25, 0.3) is 0 Å². The molecule has 3 saturated carbocycles. The molecule has 43 heavy (non-hydrogen) atoms. The minimum absolute atomic E-state index is 0.287. The molecule has 240 valence electrons. The van der Waals surface area contributed by atoms with Crippen molar-refractivity contribution in [1.29, 1.82) is 0 Å². The van der Waals surface area contributed by atoms with Gasteiger partial charge in [-0.05, 0) is 80.5 Å². The molecule has 2 unspecified atom stereocenters. The summed E-state index contributed by atoms with van der Waals surface area (Å²) in [6.45, 7) is 7.84. The summed E-state index contributed by atoms with van der Waals surface area (Å²) in [5, 5.41) is 0. The second-order valence-corrected chi connectivity index (χ2v) is 27.8. The molecule has 0 N–H and O–H groups in total. The van der Waals surface area contributed by atoms with Crippen molar-refractivity contribution in [3.8, 4) is 0 Å². The Kier molecular flexibility index (Phi) is 17.3. The van der Waals surface area contributed by atoms with E-state index in [0.717, 1.165) is 10.8 Å². The SMILES string of the molecule is C1CCC(P(C2CCCCC2)C2CCCCC2)CC1.CC(c1ccccc1)N1[C]N(C(C)c2ccccc2)C=C1.[I][Pd][I]. The zero-order valence-corrected chi connectivity index (χ0v) is 33.1. The average Bonchev–Trinajstić information content (AvgIpc) is 3.58. The van der Waals surface area contributed by atoms with Crippen LogP contribution < -0.4 is 0 Å². The van der Waals surface area contributed by atoms with Crippen molar-refractivity contribution < 1.29 is 10.8 Å². The van der Waals surface area contributed by atoms with Crippen molar-refractivity contribution in [2.45, 2.75) is 139 Å². The number of hydrogen-bond donors (Lipinski definition) is 0. The molecular formula is C37H53I2N2PPd. The van der Waals surface area contributed by atoms with Gasteiger partial charge in [-0.25, -0.2) is 0 Å². The third kappa shape index (κ3) is 11.5. The van der Waals surface area contributed by atoms with E-state index >= 15 is 0 Å². The molecule has 0 saturated heterocycles. The van der Waals surface area contributed by atoms with E-state index in [1.54, 1.807) is 77.0 Å². The molecule has 1 heterocycles. The van der Waals surface area contributed by atoms with Crippen LogP contribution >= 0.6 is 47.0 Å². The molecule has 2 atom stereocenters. The Hall–Kier alpha value is 0.332. The summed E-state index contributed by atoms with van der Waals surface area (Å²) in [5.41, 5.74) is 6.16. The van der Waals surface area contributed by atoms with Gasteiger partial charge in [-0.2, -0.15) is 0 Å². The molecule has 2 aromatic carbocycles. The molecule has 4 aliphatic rings. The summed E-state index contributed by atoms with van der Waals surface area (Å²) in [4.78, 5) is 4.27. The zero-order chi connectivity index (χ0) is 30.3. The standard InChI is InChI=1S/C19H20N2.C18H33P.2HI.Pd/c1-16(18-9-5-3-6-10-18)20-13-14-21(15-20)17(2)19-11-7-4-8-12-19;1-4-10-16(11-5-1)19(17-12-6-2-7-13-17)18-14-8-3-9-15-18;;;/h3-14,16-17H,1-2H3;16-18H,1-15H2;2*1H;/q;;;;+2/p-2. The number of rotatable bonds is 7. The molecule has 0 spiro atoms. The first-order valence-corrected chi connectivity index (χ1v) is 27.6. The molecule has 0 bridgehead atoms. The van der Waals surface area contributed by atoms with Crippen molar-refractivity contribution in [3.63, 3.8) is 0 Å². The normalized spacial score (nSPS) is 21.6. The van der Waals surface area contributed by atoms with Crippen LogP contribution in [0.25, 0.3) is 0 Å². The molecule has 2 aromatic rings. The van der Waals surface area contributed by atoms with Gasteiger partial charge in [-0.15, -0.1) is 0 Å². The first-order valence-electron chi connectivity index (χ1n) is 16.8. The quantitative estimate of drug-likeness (QED) is 0.155. The van der Waals surface area contributed by atoms with Gasteiger partial charge in [0.2, 0.25) is 6.67 Å². The van der Waals surface area contributed by atoms with Gasteiger partial charge >= 0.3 is 49.8 Å². The Bertz CT molecular complexity index is 927. The van der Waals surface area contributed by atoms with E-state index in [-0.39, 0.29) is 12.1 Å². The second-order valence-electron chi connectivity index (χ2n) is 12.8. The van der Waals surface area contributed by atoms with Crippen molar-refractivity contribution in [2.75, 3.05) is 0 Å². The molecule has 6 heteroatoms. The number of benzene rings is 2. The van der Waals surface area contributed by atoms with Gasteiger partial charge in [0, 0.05) is 12.4 Å². The van der Waals surface area contributed by atoms with Crippen LogP contribution in [0, 0.1) is 6.67 Å². The molecule has 0 aromatic heterocycles. The molecule has 3 fully saturated rings. The fourth-order valence-corrected chi connectivity index (χ4v) is 12.3. The summed E-state index contributed by atoms with van der Waals surface area (Å²) in [6.07, 6.45) is 27.8. The van der Waals surface area contributed by atoms with Crippen LogP contribution in [-0.4, -0.2) is 26.8 Å². The summed E-state index contributed by atoms with van der Waals surface area (Å²) < 4.78 is 0. The Morgan fingerprint density at radius 1 is 0.581 bits per heavy atom. The van der Waals surface area contributed by atoms with Crippen LogP contribution in [0.4, 0.5) is 0 Å². The third-order valence-electron chi connectivity index (χ3n) is 10.0. The van der Waals surface area contributed by atoms with Crippen molar-refractivity contribution in [3.05, 3.63) is 90.9 Å². The topological polar surface area (TPSA) is 6.48 Å². The Labute approximate surface area is 294 Å². The number of halogens is 2. The minimum atomic E-state index is 0.287. The summed E-state index contributed by atoms with van der Waals surface area (Å²) in [7, 11) is 1.27. The van der Waals surface area contributed by atoms with E-state index in [1.165, 1.54) is 47.4 Å². The van der Waals surface area contributed by atoms with Gasteiger partial charge in [0.15, 0.2) is 0 Å². The molecule has 2 nitrogen and oxygen atoms in total. The van der Waals surface area contributed by atoms with Crippen LogP contribution in [0.2, 0.25) is 0 Å². The van der Waals surface area contributed by atoms with Crippen molar-refractivity contribution >= 4 is 47.0 Å². The fourth-order valence-electron chi connectivity index (χ4n) is 7.59. The average molecular weight is 917 g/mol. The Morgan fingerprint density at radius 3 is 1.19 bits per heavy atom. The Balaban J connectivity index is 0.000000181. The maximum atomic E-state index is 3.44. The number of hydrogen-bond acceptors (Lipinski definition) is 2. The van der Waals surface area contributed by atoms with E-state index in [9.17, 15) is 0 Å². The van der Waals surface area contributed by atoms with Crippen molar-refractivity contribution in [1.82, 2.24) is 9.80 Å². The van der Waals surface area contributed by atoms with Gasteiger partial charge in [-0.3, -0.25) is 0 Å². The van der Waals surface area contributed by atoms with E-state index < -0.39 is 0 Å². The monoisotopic (exact) mass is 916 g/mol. The predicted molar refractivity (Wildman–Crippen MR) is 201 cm³/mol. The van der Waals surface area contributed by atoms with Gasteiger partial charge in [0.1, 0.15) is 0 Å². The van der Waals surface area contributed by atoms with E-state index in [2.05, 4.69) is 130 Å². The van der Waals surface area contributed by atoms with Crippen LogP contribution in [0.1, 0.15) is 133 Å². The Morgan fingerprint density at radius 2 is 0.884 bits per heavy atom. The molecule has 2 radical (unpaired) electrons. The predicted octanol–water partition coefficient (Wildman–Crippen LogP) is 12.8. The van der Waals surface area contributed by atoms with E-state index in [1.807, 2.05) is 12.1 Å². The number of nitrogens with zero attached hydrogens (tertiary/aromatic N) is 2. The first-order chi connectivity index (χ1) is 21.1. The van der Waals surface area contributed by atoms with Gasteiger partial charge in [0.05, 0.1) is 12.1 Å². The summed E-state index contributed by atoms with van der Waals surface area (Å²) in [5.74, 6) is 0. The van der Waals surface area contributed by atoms with Gasteiger partial charge < -0.3 is 9.80 Å². The molecule has 3 aliphatic carbocycles.